The largest absolute Gasteiger partial charge is 0.494 e. The van der Waals surface area contributed by atoms with Crippen LogP contribution in [0.15, 0.2) is 54.6 Å². The quantitative estimate of drug-likeness (QED) is 0.617. The average Bonchev–Trinajstić information content (AvgIpc) is 3.31. The molecule has 2 aromatic carbocycles. The van der Waals surface area contributed by atoms with Gasteiger partial charge in [-0.1, -0.05) is 30.3 Å². The first-order chi connectivity index (χ1) is 13.2. The minimum Gasteiger partial charge on any atom is -0.494 e. The number of aryl methyl sites for hydroxylation is 1. The molecule has 2 heterocycles. The Morgan fingerprint density at radius 1 is 1.15 bits per heavy atom. The van der Waals surface area contributed by atoms with Gasteiger partial charge in [0.25, 0.3) is 0 Å². The number of likely N-dealkylation sites (tertiary alicyclic amines) is 1. The van der Waals surface area contributed by atoms with Crippen molar-refractivity contribution in [3.05, 3.63) is 60.4 Å². The molecule has 5 heteroatoms. The molecular formula is C22H25N3O2. The fraction of sp³-hybridized carbons (Fsp3) is 0.364. The third kappa shape index (κ3) is 3.68. The second-order valence-electron chi connectivity index (χ2n) is 7.00. The summed E-state index contributed by atoms with van der Waals surface area (Å²) in [7, 11) is 0. The highest BCUT2D eigenvalue weighted by atomic mass is 16.5. The zero-order chi connectivity index (χ0) is 18.6. The Hall–Kier alpha value is -2.82. The summed E-state index contributed by atoms with van der Waals surface area (Å²) in [6, 6.07) is 18.2. The summed E-state index contributed by atoms with van der Waals surface area (Å²) in [5.74, 6) is 2.03. The molecule has 27 heavy (non-hydrogen) atoms. The van der Waals surface area contributed by atoms with E-state index in [9.17, 15) is 4.79 Å². The van der Waals surface area contributed by atoms with Gasteiger partial charge in [-0.2, -0.15) is 0 Å². The number of ether oxygens (including phenoxy) is 1. The zero-order valence-corrected chi connectivity index (χ0v) is 15.7. The molecule has 0 saturated carbocycles. The molecule has 1 saturated heterocycles. The molecule has 0 unspecified atom stereocenters. The molecule has 0 N–H and O–H groups in total. The molecule has 0 bridgehead atoms. The number of amides is 1. The van der Waals surface area contributed by atoms with Crippen molar-refractivity contribution in [2.75, 3.05) is 13.2 Å². The number of imidazole rings is 1. The van der Waals surface area contributed by atoms with Crippen molar-refractivity contribution in [1.29, 1.82) is 0 Å². The highest BCUT2D eigenvalue weighted by Gasteiger charge is 2.31. The first kappa shape index (κ1) is 17.6. The predicted molar refractivity (Wildman–Crippen MR) is 106 cm³/mol. The molecule has 0 spiro atoms. The summed E-state index contributed by atoms with van der Waals surface area (Å²) in [5.41, 5.74) is 2.12. The van der Waals surface area contributed by atoms with E-state index < -0.39 is 0 Å². The summed E-state index contributed by atoms with van der Waals surface area (Å²) in [6.45, 7) is 3.95. The number of hydrogen-bond acceptors (Lipinski definition) is 3. The minimum atomic E-state index is 0.0740. The molecule has 1 aromatic heterocycles. The number of aromatic nitrogens is 2. The van der Waals surface area contributed by atoms with Crippen LogP contribution in [0, 0.1) is 0 Å². The van der Waals surface area contributed by atoms with Crippen molar-refractivity contribution in [3.63, 3.8) is 0 Å². The predicted octanol–water partition coefficient (Wildman–Crippen LogP) is 4.19. The summed E-state index contributed by atoms with van der Waals surface area (Å²) >= 11 is 0. The number of carbonyl (C=O) groups is 1. The van der Waals surface area contributed by atoms with E-state index in [4.69, 9.17) is 9.72 Å². The van der Waals surface area contributed by atoms with E-state index >= 15 is 0 Å². The highest BCUT2D eigenvalue weighted by molar-refractivity contribution is 5.77. The minimum absolute atomic E-state index is 0.0740. The Kier molecular flexibility index (Phi) is 5.10. The van der Waals surface area contributed by atoms with Crippen LogP contribution < -0.4 is 4.74 Å². The Morgan fingerprint density at radius 3 is 2.74 bits per heavy atom. The second kappa shape index (κ2) is 7.82. The first-order valence-electron chi connectivity index (χ1n) is 9.64. The molecule has 0 aliphatic carbocycles. The van der Waals surface area contributed by atoms with Crippen LogP contribution in [0.2, 0.25) is 0 Å². The summed E-state index contributed by atoms with van der Waals surface area (Å²) < 4.78 is 8.12. The molecule has 5 nitrogen and oxygen atoms in total. The van der Waals surface area contributed by atoms with Gasteiger partial charge in [-0.3, -0.25) is 4.79 Å². The lowest BCUT2D eigenvalue weighted by molar-refractivity contribution is -0.129. The van der Waals surface area contributed by atoms with Crippen LogP contribution in [0.1, 0.15) is 38.1 Å². The van der Waals surface area contributed by atoms with E-state index in [1.807, 2.05) is 53.4 Å². The maximum absolute atomic E-state index is 12.0. The molecule has 1 aliphatic heterocycles. The molecule has 4 rings (SSSR count). The smallest absolute Gasteiger partial charge is 0.220 e. The van der Waals surface area contributed by atoms with Crippen LogP contribution >= 0.6 is 0 Å². The van der Waals surface area contributed by atoms with Gasteiger partial charge >= 0.3 is 0 Å². The summed E-state index contributed by atoms with van der Waals surface area (Å²) in [5, 5.41) is 0. The Labute approximate surface area is 159 Å². The molecule has 1 aliphatic rings. The van der Waals surface area contributed by atoms with Gasteiger partial charge in [-0.05, 0) is 43.5 Å². The van der Waals surface area contributed by atoms with Gasteiger partial charge in [0.05, 0.1) is 23.7 Å². The molecule has 1 amide bonds. The number of fused-ring (bicyclic) bond motifs is 1. The SMILES string of the molecule is CC(=O)N1CCC[C@@H]1c1nc2ccccc2n1CCCOc1ccccc1. The van der Waals surface area contributed by atoms with Crippen molar-refractivity contribution in [1.82, 2.24) is 14.5 Å². The number of para-hydroxylation sites is 3. The van der Waals surface area contributed by atoms with E-state index in [1.54, 1.807) is 6.92 Å². The van der Waals surface area contributed by atoms with Gasteiger partial charge in [-0.15, -0.1) is 0 Å². The van der Waals surface area contributed by atoms with Crippen molar-refractivity contribution in [2.24, 2.45) is 0 Å². The number of nitrogens with zero attached hydrogens (tertiary/aromatic N) is 3. The topological polar surface area (TPSA) is 47.4 Å². The highest BCUT2D eigenvalue weighted by Crippen LogP contribution is 2.33. The van der Waals surface area contributed by atoms with Gasteiger partial charge in [0, 0.05) is 20.0 Å². The van der Waals surface area contributed by atoms with E-state index in [-0.39, 0.29) is 11.9 Å². The van der Waals surface area contributed by atoms with Gasteiger partial charge in [0.2, 0.25) is 5.91 Å². The Bertz CT molecular complexity index is 920. The average molecular weight is 363 g/mol. The molecule has 140 valence electrons. The standard InChI is InChI=1S/C22H25N3O2/c1-17(26)24-14-7-13-21(24)22-23-19-11-5-6-12-20(19)25(22)15-8-16-27-18-9-3-2-4-10-18/h2-6,9-12,21H,7-8,13-16H2,1H3/t21-/m1/s1. The molecule has 0 radical (unpaired) electrons. The van der Waals surface area contributed by atoms with E-state index in [0.29, 0.717) is 6.61 Å². The monoisotopic (exact) mass is 363 g/mol. The van der Waals surface area contributed by atoms with Crippen molar-refractivity contribution < 1.29 is 9.53 Å². The fourth-order valence-electron chi connectivity index (χ4n) is 3.92. The van der Waals surface area contributed by atoms with Crippen LogP contribution in [0.3, 0.4) is 0 Å². The second-order valence-corrected chi connectivity index (χ2v) is 7.00. The van der Waals surface area contributed by atoms with Crippen LogP contribution in [-0.2, 0) is 11.3 Å². The molecular weight excluding hydrogens is 338 g/mol. The number of hydrogen-bond donors (Lipinski definition) is 0. The summed E-state index contributed by atoms with van der Waals surface area (Å²) in [6.07, 6.45) is 2.89. The maximum atomic E-state index is 12.0. The van der Waals surface area contributed by atoms with Crippen molar-refractivity contribution in [2.45, 2.75) is 38.8 Å². The van der Waals surface area contributed by atoms with Crippen LogP contribution in [0.5, 0.6) is 5.75 Å². The fourth-order valence-corrected chi connectivity index (χ4v) is 3.92. The van der Waals surface area contributed by atoms with Gasteiger partial charge in [0.15, 0.2) is 0 Å². The number of carbonyl (C=O) groups excluding carboxylic acids is 1. The van der Waals surface area contributed by atoms with Gasteiger partial charge in [0.1, 0.15) is 11.6 Å². The number of rotatable bonds is 6. The van der Waals surface area contributed by atoms with Gasteiger partial charge in [-0.25, -0.2) is 4.98 Å². The third-order valence-corrected chi connectivity index (χ3v) is 5.18. The van der Waals surface area contributed by atoms with Gasteiger partial charge < -0.3 is 14.2 Å². The molecule has 1 fully saturated rings. The van der Waals surface area contributed by atoms with Crippen molar-refractivity contribution >= 4 is 16.9 Å². The third-order valence-electron chi connectivity index (χ3n) is 5.18. The van der Waals surface area contributed by atoms with E-state index in [1.165, 1.54) is 0 Å². The van der Waals surface area contributed by atoms with Crippen LogP contribution in [0.25, 0.3) is 11.0 Å². The van der Waals surface area contributed by atoms with E-state index in [0.717, 1.165) is 55.0 Å². The maximum Gasteiger partial charge on any atom is 0.220 e. The number of benzene rings is 2. The summed E-state index contributed by atoms with van der Waals surface area (Å²) in [4.78, 5) is 18.9. The van der Waals surface area contributed by atoms with Crippen molar-refractivity contribution in [3.8, 4) is 5.75 Å². The van der Waals surface area contributed by atoms with Crippen LogP contribution in [0.4, 0.5) is 0 Å². The lowest BCUT2D eigenvalue weighted by atomic mass is 10.2. The Morgan fingerprint density at radius 2 is 1.93 bits per heavy atom. The first-order valence-corrected chi connectivity index (χ1v) is 9.64. The lowest BCUT2D eigenvalue weighted by Gasteiger charge is -2.24. The molecule has 1 atom stereocenters. The van der Waals surface area contributed by atoms with Crippen LogP contribution in [-0.4, -0.2) is 33.5 Å². The molecule has 3 aromatic rings. The Balaban J connectivity index is 1.54. The van der Waals surface area contributed by atoms with E-state index in [2.05, 4.69) is 10.6 Å². The zero-order valence-electron chi connectivity index (χ0n) is 15.7. The lowest BCUT2D eigenvalue weighted by Crippen LogP contribution is -2.30. The normalized spacial score (nSPS) is 16.8.